The average Bonchev–Trinajstić information content (AvgIpc) is 2.27. The van der Waals surface area contributed by atoms with Gasteiger partial charge < -0.3 is 10.6 Å². The smallest absolute Gasteiger partial charge is 0.384 e. The number of rotatable bonds is 1. The number of alkyl halides is 3. The predicted molar refractivity (Wildman–Crippen MR) is 65.6 cm³/mol. The zero-order chi connectivity index (χ0) is 13.3. The molecule has 18 heavy (non-hydrogen) atoms. The van der Waals surface area contributed by atoms with E-state index in [0.29, 0.717) is 6.54 Å². The molecule has 2 rings (SSSR count). The van der Waals surface area contributed by atoms with Crippen LogP contribution in [0.15, 0.2) is 6.07 Å². The predicted octanol–water partition coefficient (Wildman–Crippen LogP) is 2.02. The fourth-order valence-electron chi connectivity index (χ4n) is 1.79. The van der Waals surface area contributed by atoms with Crippen molar-refractivity contribution in [3.8, 4) is 0 Å². The summed E-state index contributed by atoms with van der Waals surface area (Å²) < 4.78 is 37.8. The maximum Gasteiger partial charge on any atom is 0.451 e. The normalized spacial score (nSPS) is 21.1. The minimum Gasteiger partial charge on any atom is -0.384 e. The molecule has 0 saturated carbocycles. The monoisotopic (exact) mass is 278 g/mol. The topological polar surface area (TPSA) is 55.0 Å². The number of nitrogens with zero attached hydrogens (tertiary/aromatic N) is 3. The van der Waals surface area contributed by atoms with Crippen molar-refractivity contribution >= 4 is 23.4 Å². The van der Waals surface area contributed by atoms with Crippen molar-refractivity contribution in [1.82, 2.24) is 9.97 Å². The van der Waals surface area contributed by atoms with E-state index in [1.54, 1.807) is 11.8 Å². The lowest BCUT2D eigenvalue weighted by Gasteiger charge is -2.34. The molecule has 0 radical (unpaired) electrons. The summed E-state index contributed by atoms with van der Waals surface area (Å²) in [6, 6.07) is 1.53. The lowest BCUT2D eigenvalue weighted by atomic mass is 10.3. The van der Waals surface area contributed by atoms with Gasteiger partial charge in [0.2, 0.25) is 5.82 Å². The molecule has 2 heterocycles. The zero-order valence-corrected chi connectivity index (χ0v) is 10.6. The van der Waals surface area contributed by atoms with Crippen molar-refractivity contribution in [2.24, 2.45) is 0 Å². The molecule has 0 aromatic carbocycles. The molecule has 8 heteroatoms. The van der Waals surface area contributed by atoms with E-state index >= 15 is 0 Å². The van der Waals surface area contributed by atoms with E-state index in [2.05, 4.69) is 9.97 Å². The third-order valence-corrected chi connectivity index (χ3v) is 3.84. The lowest BCUT2D eigenvalue weighted by molar-refractivity contribution is -0.144. The Hall–Kier alpha value is -1.18. The van der Waals surface area contributed by atoms with Crippen molar-refractivity contribution in [1.29, 1.82) is 0 Å². The first-order valence-corrected chi connectivity index (χ1v) is 6.59. The first-order valence-electron chi connectivity index (χ1n) is 5.44. The van der Waals surface area contributed by atoms with Crippen LogP contribution in [0.2, 0.25) is 0 Å². The minimum absolute atomic E-state index is 0.138. The second-order valence-electron chi connectivity index (χ2n) is 4.09. The van der Waals surface area contributed by atoms with Crippen molar-refractivity contribution in [2.45, 2.75) is 19.1 Å². The van der Waals surface area contributed by atoms with Gasteiger partial charge in [-0.25, -0.2) is 9.97 Å². The summed E-state index contributed by atoms with van der Waals surface area (Å²) in [6.45, 7) is 2.62. The number of halogens is 3. The molecule has 0 amide bonds. The molecule has 1 aliphatic rings. The van der Waals surface area contributed by atoms with E-state index in [-0.39, 0.29) is 17.7 Å². The van der Waals surface area contributed by atoms with E-state index < -0.39 is 12.0 Å². The quantitative estimate of drug-likeness (QED) is 0.851. The van der Waals surface area contributed by atoms with Gasteiger partial charge in [0.1, 0.15) is 11.6 Å². The fourth-order valence-corrected chi connectivity index (χ4v) is 2.81. The van der Waals surface area contributed by atoms with Crippen molar-refractivity contribution in [3.63, 3.8) is 0 Å². The van der Waals surface area contributed by atoms with Crippen LogP contribution in [0.5, 0.6) is 0 Å². The van der Waals surface area contributed by atoms with Crippen LogP contribution < -0.4 is 10.6 Å². The van der Waals surface area contributed by atoms with Crippen LogP contribution in [-0.2, 0) is 6.18 Å². The molecule has 0 spiro atoms. The van der Waals surface area contributed by atoms with Crippen molar-refractivity contribution in [3.05, 3.63) is 11.9 Å². The Bertz CT molecular complexity index is 438. The summed E-state index contributed by atoms with van der Waals surface area (Å²) in [5.41, 5.74) is 5.43. The Morgan fingerprint density at radius 3 is 2.78 bits per heavy atom. The van der Waals surface area contributed by atoms with Crippen LogP contribution in [0.3, 0.4) is 0 Å². The summed E-state index contributed by atoms with van der Waals surface area (Å²) in [6.07, 6.45) is -4.57. The third kappa shape index (κ3) is 2.80. The average molecular weight is 278 g/mol. The second-order valence-corrected chi connectivity index (χ2v) is 5.24. The van der Waals surface area contributed by atoms with Gasteiger partial charge in [-0.3, -0.25) is 0 Å². The maximum atomic E-state index is 12.6. The molecule has 1 aromatic rings. The molecule has 1 aromatic heterocycles. The second kappa shape index (κ2) is 4.83. The molecule has 1 unspecified atom stereocenters. The van der Waals surface area contributed by atoms with Gasteiger partial charge in [0, 0.05) is 30.2 Å². The summed E-state index contributed by atoms with van der Waals surface area (Å²) >= 11 is 1.78. The molecule has 1 atom stereocenters. The summed E-state index contributed by atoms with van der Waals surface area (Å²) in [5.74, 6) is 0.657. The standard InChI is InChI=1S/C10H13F3N4S/c1-6-5-18-3-2-17(6)8-4-7(14)15-9(16-8)10(11,12)13/h4,6H,2-3,5H2,1H3,(H2,14,15,16). The maximum absolute atomic E-state index is 12.6. The van der Waals surface area contributed by atoms with Gasteiger partial charge in [-0.2, -0.15) is 24.9 Å². The molecule has 1 saturated heterocycles. The number of nitrogen functional groups attached to an aromatic ring is 1. The van der Waals surface area contributed by atoms with Crippen LogP contribution in [0, 0.1) is 0 Å². The molecule has 4 nitrogen and oxygen atoms in total. The Kier molecular flexibility index (Phi) is 3.56. The molecule has 2 N–H and O–H groups in total. The number of hydrogen-bond donors (Lipinski definition) is 1. The lowest BCUT2D eigenvalue weighted by Crippen LogP contribution is -2.41. The SMILES string of the molecule is CC1CSCCN1c1cc(N)nc(C(F)(F)F)n1. The summed E-state index contributed by atoms with van der Waals surface area (Å²) in [7, 11) is 0. The van der Waals surface area contributed by atoms with Gasteiger partial charge in [0.25, 0.3) is 0 Å². The molecular weight excluding hydrogens is 265 g/mol. The summed E-state index contributed by atoms with van der Waals surface area (Å²) in [4.78, 5) is 8.65. The minimum atomic E-state index is -4.57. The van der Waals surface area contributed by atoms with Crippen LogP contribution in [-0.4, -0.2) is 34.1 Å². The molecule has 0 bridgehead atoms. The Morgan fingerprint density at radius 2 is 2.17 bits per heavy atom. The molecule has 100 valence electrons. The third-order valence-electron chi connectivity index (χ3n) is 2.65. The first kappa shape index (κ1) is 13.3. The van der Waals surface area contributed by atoms with Crippen molar-refractivity contribution < 1.29 is 13.2 Å². The fraction of sp³-hybridized carbons (Fsp3) is 0.600. The van der Waals surface area contributed by atoms with Gasteiger partial charge in [0.15, 0.2) is 0 Å². The van der Waals surface area contributed by atoms with Crippen LogP contribution >= 0.6 is 11.8 Å². The van der Waals surface area contributed by atoms with Crippen LogP contribution in [0.4, 0.5) is 24.8 Å². The number of thioether (sulfide) groups is 1. The largest absolute Gasteiger partial charge is 0.451 e. The zero-order valence-electron chi connectivity index (χ0n) is 9.74. The highest BCUT2D eigenvalue weighted by Gasteiger charge is 2.36. The Morgan fingerprint density at radius 1 is 1.44 bits per heavy atom. The highest BCUT2D eigenvalue weighted by atomic mass is 32.2. The summed E-state index contributed by atoms with van der Waals surface area (Å²) in [5, 5.41) is 0. The van der Waals surface area contributed by atoms with E-state index in [9.17, 15) is 13.2 Å². The number of nitrogens with two attached hydrogens (primary N) is 1. The molecular formula is C10H13F3N4S. The van der Waals surface area contributed by atoms with E-state index in [1.807, 2.05) is 11.8 Å². The first-order chi connectivity index (χ1) is 8.38. The number of anilines is 2. The van der Waals surface area contributed by atoms with E-state index in [4.69, 9.17) is 5.73 Å². The molecule has 0 aliphatic carbocycles. The van der Waals surface area contributed by atoms with Gasteiger partial charge >= 0.3 is 6.18 Å². The van der Waals surface area contributed by atoms with Crippen LogP contribution in [0.25, 0.3) is 0 Å². The number of aromatic nitrogens is 2. The molecule has 1 aliphatic heterocycles. The van der Waals surface area contributed by atoms with Gasteiger partial charge in [0.05, 0.1) is 0 Å². The Balaban J connectivity index is 2.35. The highest BCUT2D eigenvalue weighted by molar-refractivity contribution is 7.99. The van der Waals surface area contributed by atoms with Crippen LogP contribution in [0.1, 0.15) is 12.7 Å². The van der Waals surface area contributed by atoms with E-state index in [1.165, 1.54) is 6.07 Å². The van der Waals surface area contributed by atoms with Gasteiger partial charge in [-0.15, -0.1) is 0 Å². The Labute approximate surface area is 107 Å². The highest BCUT2D eigenvalue weighted by Crippen LogP contribution is 2.30. The van der Waals surface area contributed by atoms with Gasteiger partial charge in [-0.1, -0.05) is 0 Å². The number of hydrogen-bond acceptors (Lipinski definition) is 5. The van der Waals surface area contributed by atoms with Gasteiger partial charge in [-0.05, 0) is 6.92 Å². The molecule has 1 fully saturated rings. The van der Waals surface area contributed by atoms with Crippen molar-refractivity contribution in [2.75, 3.05) is 28.7 Å². The van der Waals surface area contributed by atoms with E-state index in [0.717, 1.165) is 11.5 Å².